The Morgan fingerprint density at radius 1 is 1.50 bits per heavy atom. The molecule has 1 heterocycles. The van der Waals surface area contributed by atoms with Gasteiger partial charge in [-0.25, -0.2) is 9.37 Å². The zero-order valence-corrected chi connectivity index (χ0v) is 10.00. The van der Waals surface area contributed by atoms with Gasteiger partial charge in [0.1, 0.15) is 0 Å². The lowest BCUT2D eigenvalue weighted by Crippen LogP contribution is -2.35. The van der Waals surface area contributed by atoms with E-state index in [1.54, 1.807) is 12.3 Å². The highest BCUT2D eigenvalue weighted by atomic mass is 19.1. The number of aromatic nitrogens is 1. The third-order valence-corrected chi connectivity index (χ3v) is 2.53. The minimum Gasteiger partial charge on any atom is -0.396 e. The summed E-state index contributed by atoms with van der Waals surface area (Å²) < 4.78 is 13.4. The van der Waals surface area contributed by atoms with Crippen LogP contribution < -0.4 is 5.32 Å². The first-order chi connectivity index (χ1) is 7.45. The number of nitrogens with one attached hydrogen (secondary N) is 1. The summed E-state index contributed by atoms with van der Waals surface area (Å²) in [7, 11) is 0. The lowest BCUT2D eigenvalue weighted by molar-refractivity contribution is 0.234. The number of rotatable bonds is 4. The minimum atomic E-state index is -0.366. The summed E-state index contributed by atoms with van der Waals surface area (Å²) in [5.41, 5.74) is -0.0628. The third-order valence-electron chi connectivity index (χ3n) is 2.53. The van der Waals surface area contributed by atoms with E-state index in [2.05, 4.69) is 10.3 Å². The molecule has 16 heavy (non-hydrogen) atoms. The Bertz CT molecular complexity index is 336. The number of hydrogen-bond donors (Lipinski definition) is 2. The second kappa shape index (κ2) is 5.25. The molecule has 1 rings (SSSR count). The Morgan fingerprint density at radius 2 is 2.19 bits per heavy atom. The van der Waals surface area contributed by atoms with Crippen LogP contribution in [0, 0.1) is 11.2 Å². The van der Waals surface area contributed by atoms with Crippen molar-refractivity contribution in [1.82, 2.24) is 4.98 Å². The summed E-state index contributed by atoms with van der Waals surface area (Å²) in [6, 6.07) is 2.91. The molecule has 4 heteroatoms. The Hall–Kier alpha value is -1.16. The van der Waals surface area contributed by atoms with Crippen LogP contribution in [0.3, 0.4) is 0 Å². The standard InChI is InChI=1S/C12H19FN2O/c1-12(2,3)10(6-8-16)15-11-9(13)5-4-7-14-11/h4-5,7,10,16H,6,8H2,1-3H3,(H,14,15). The highest BCUT2D eigenvalue weighted by molar-refractivity contribution is 5.37. The predicted octanol–water partition coefficient (Wildman–Crippen LogP) is 2.43. The molecule has 1 aromatic rings. The molecule has 1 unspecified atom stereocenters. The van der Waals surface area contributed by atoms with Crippen LogP contribution in [0.25, 0.3) is 0 Å². The lowest BCUT2D eigenvalue weighted by Gasteiger charge is -2.31. The smallest absolute Gasteiger partial charge is 0.165 e. The van der Waals surface area contributed by atoms with Crippen molar-refractivity contribution in [3.8, 4) is 0 Å². The van der Waals surface area contributed by atoms with Crippen molar-refractivity contribution < 1.29 is 9.50 Å². The highest BCUT2D eigenvalue weighted by Crippen LogP contribution is 2.25. The van der Waals surface area contributed by atoms with Crippen molar-refractivity contribution >= 4 is 5.82 Å². The first-order valence-electron chi connectivity index (χ1n) is 5.43. The van der Waals surface area contributed by atoms with Crippen LogP contribution in [0.5, 0.6) is 0 Å². The topological polar surface area (TPSA) is 45.1 Å². The van der Waals surface area contributed by atoms with Crippen molar-refractivity contribution in [3.05, 3.63) is 24.1 Å². The van der Waals surface area contributed by atoms with Gasteiger partial charge in [0.05, 0.1) is 0 Å². The van der Waals surface area contributed by atoms with E-state index in [0.717, 1.165) is 0 Å². The molecular formula is C12H19FN2O. The molecule has 90 valence electrons. The Kier molecular flexibility index (Phi) is 4.24. The molecule has 0 aliphatic carbocycles. The highest BCUT2D eigenvalue weighted by Gasteiger charge is 2.24. The van der Waals surface area contributed by atoms with Gasteiger partial charge in [-0.15, -0.1) is 0 Å². The van der Waals surface area contributed by atoms with Crippen LogP contribution in [0.15, 0.2) is 18.3 Å². The fourth-order valence-corrected chi connectivity index (χ4v) is 1.51. The van der Waals surface area contributed by atoms with Crippen LogP contribution in [0.2, 0.25) is 0 Å². The first kappa shape index (κ1) is 12.9. The summed E-state index contributed by atoms with van der Waals surface area (Å²) in [6.07, 6.45) is 2.11. The fourth-order valence-electron chi connectivity index (χ4n) is 1.51. The Labute approximate surface area is 95.7 Å². The van der Waals surface area contributed by atoms with E-state index >= 15 is 0 Å². The van der Waals surface area contributed by atoms with Gasteiger partial charge in [-0.05, 0) is 24.0 Å². The summed E-state index contributed by atoms with van der Waals surface area (Å²) in [5.74, 6) is -0.120. The van der Waals surface area contributed by atoms with E-state index < -0.39 is 0 Å². The molecule has 0 aromatic carbocycles. The largest absolute Gasteiger partial charge is 0.396 e. The molecule has 0 bridgehead atoms. The number of nitrogens with zero attached hydrogens (tertiary/aromatic N) is 1. The van der Waals surface area contributed by atoms with Gasteiger partial charge < -0.3 is 10.4 Å². The van der Waals surface area contributed by atoms with Crippen molar-refractivity contribution in [1.29, 1.82) is 0 Å². The van der Waals surface area contributed by atoms with Crippen molar-refractivity contribution in [3.63, 3.8) is 0 Å². The Balaban J connectivity index is 2.80. The molecule has 1 aromatic heterocycles. The molecular weight excluding hydrogens is 207 g/mol. The van der Waals surface area contributed by atoms with Crippen LogP contribution in [0.4, 0.5) is 10.2 Å². The number of halogens is 1. The lowest BCUT2D eigenvalue weighted by atomic mass is 9.85. The molecule has 0 aliphatic rings. The molecule has 0 radical (unpaired) electrons. The number of aliphatic hydroxyl groups excluding tert-OH is 1. The van der Waals surface area contributed by atoms with E-state index in [-0.39, 0.29) is 29.7 Å². The zero-order chi connectivity index (χ0) is 12.2. The molecule has 1 atom stereocenters. The van der Waals surface area contributed by atoms with Gasteiger partial charge in [-0.3, -0.25) is 0 Å². The van der Waals surface area contributed by atoms with E-state index in [9.17, 15) is 4.39 Å². The van der Waals surface area contributed by atoms with Gasteiger partial charge in [-0.2, -0.15) is 0 Å². The zero-order valence-electron chi connectivity index (χ0n) is 10.00. The molecule has 0 amide bonds. The van der Waals surface area contributed by atoms with E-state index in [0.29, 0.717) is 6.42 Å². The molecule has 0 spiro atoms. The average molecular weight is 226 g/mol. The third kappa shape index (κ3) is 3.45. The SMILES string of the molecule is CC(C)(C)C(CCO)Nc1ncccc1F. The monoisotopic (exact) mass is 226 g/mol. The second-order valence-electron chi connectivity index (χ2n) is 4.91. The summed E-state index contributed by atoms with van der Waals surface area (Å²) in [4.78, 5) is 3.95. The molecule has 0 aliphatic heterocycles. The summed E-state index contributed by atoms with van der Waals surface area (Å²) in [6.45, 7) is 6.20. The molecule has 2 N–H and O–H groups in total. The van der Waals surface area contributed by atoms with Crippen LogP contribution in [0.1, 0.15) is 27.2 Å². The van der Waals surface area contributed by atoms with Gasteiger partial charge in [0.15, 0.2) is 11.6 Å². The average Bonchev–Trinajstić information content (AvgIpc) is 2.19. The number of anilines is 1. The number of hydrogen-bond acceptors (Lipinski definition) is 3. The van der Waals surface area contributed by atoms with Gasteiger partial charge in [0, 0.05) is 18.8 Å². The van der Waals surface area contributed by atoms with E-state index in [4.69, 9.17) is 5.11 Å². The maximum Gasteiger partial charge on any atom is 0.165 e. The normalized spacial score (nSPS) is 13.6. The van der Waals surface area contributed by atoms with Crippen molar-refractivity contribution in [2.24, 2.45) is 5.41 Å². The van der Waals surface area contributed by atoms with Gasteiger partial charge in [-0.1, -0.05) is 20.8 Å². The summed E-state index contributed by atoms with van der Waals surface area (Å²) in [5, 5.41) is 12.0. The first-order valence-corrected chi connectivity index (χ1v) is 5.43. The molecule has 0 saturated heterocycles. The van der Waals surface area contributed by atoms with Crippen LogP contribution in [-0.2, 0) is 0 Å². The van der Waals surface area contributed by atoms with Crippen LogP contribution >= 0.6 is 0 Å². The molecule has 0 saturated carbocycles. The van der Waals surface area contributed by atoms with Gasteiger partial charge in [0.2, 0.25) is 0 Å². The number of pyridine rings is 1. The van der Waals surface area contributed by atoms with E-state index in [1.165, 1.54) is 6.07 Å². The summed E-state index contributed by atoms with van der Waals surface area (Å²) >= 11 is 0. The Morgan fingerprint density at radius 3 is 2.69 bits per heavy atom. The maximum absolute atomic E-state index is 13.4. The second-order valence-corrected chi connectivity index (χ2v) is 4.91. The van der Waals surface area contributed by atoms with Gasteiger partial charge >= 0.3 is 0 Å². The minimum absolute atomic E-state index is 0.0121. The fraction of sp³-hybridized carbons (Fsp3) is 0.583. The quantitative estimate of drug-likeness (QED) is 0.828. The number of aliphatic hydroxyl groups is 1. The van der Waals surface area contributed by atoms with Crippen molar-refractivity contribution in [2.75, 3.05) is 11.9 Å². The molecule has 0 fully saturated rings. The van der Waals surface area contributed by atoms with Crippen molar-refractivity contribution in [2.45, 2.75) is 33.2 Å². The van der Waals surface area contributed by atoms with E-state index in [1.807, 2.05) is 20.8 Å². The maximum atomic E-state index is 13.4. The van der Waals surface area contributed by atoms with Gasteiger partial charge in [0.25, 0.3) is 0 Å². The molecule has 3 nitrogen and oxygen atoms in total. The predicted molar refractivity (Wildman–Crippen MR) is 62.8 cm³/mol. The van der Waals surface area contributed by atoms with Crippen LogP contribution in [-0.4, -0.2) is 22.7 Å².